The molecular formula is C21H17N5O2S. The topological polar surface area (TPSA) is 77.4 Å². The minimum absolute atomic E-state index is 0.229. The van der Waals surface area contributed by atoms with Crippen LogP contribution in [0.3, 0.4) is 0 Å². The van der Waals surface area contributed by atoms with Crippen LogP contribution < -0.4 is 5.32 Å². The first-order valence-corrected chi connectivity index (χ1v) is 9.96. The van der Waals surface area contributed by atoms with Gasteiger partial charge in [-0.1, -0.05) is 18.2 Å². The Hall–Kier alpha value is -3.65. The predicted molar refractivity (Wildman–Crippen MR) is 110 cm³/mol. The fraction of sp³-hybridized carbons (Fsp3) is 0.0952. The second-order valence-corrected chi connectivity index (χ2v) is 7.46. The Bertz CT molecular complexity index is 1270. The monoisotopic (exact) mass is 403 g/mol. The average Bonchev–Trinajstić information content (AvgIpc) is 3.49. The molecule has 0 atom stereocenters. The van der Waals surface area contributed by atoms with Crippen molar-refractivity contribution in [2.75, 3.05) is 0 Å². The molecule has 1 amide bonds. The highest BCUT2D eigenvalue weighted by atomic mass is 32.1. The number of nitrogens with one attached hydrogen (secondary N) is 1. The molecule has 144 valence electrons. The van der Waals surface area contributed by atoms with Gasteiger partial charge in [-0.25, -0.2) is 9.67 Å². The zero-order valence-corrected chi connectivity index (χ0v) is 16.4. The van der Waals surface area contributed by atoms with E-state index in [-0.39, 0.29) is 5.91 Å². The van der Waals surface area contributed by atoms with Crippen LogP contribution in [-0.2, 0) is 6.54 Å². The Morgan fingerprint density at radius 1 is 1.17 bits per heavy atom. The number of carbonyl (C=O) groups excluding carboxylic acids is 1. The Morgan fingerprint density at radius 3 is 2.79 bits per heavy atom. The lowest BCUT2D eigenvalue weighted by Gasteiger charge is -2.02. The molecule has 29 heavy (non-hydrogen) atoms. The lowest BCUT2D eigenvalue weighted by atomic mass is 10.2. The first-order chi connectivity index (χ1) is 14.2. The molecule has 0 aliphatic carbocycles. The van der Waals surface area contributed by atoms with Crippen molar-refractivity contribution in [1.82, 2.24) is 24.5 Å². The van der Waals surface area contributed by atoms with E-state index in [1.54, 1.807) is 22.2 Å². The van der Waals surface area contributed by atoms with E-state index < -0.39 is 0 Å². The lowest BCUT2D eigenvalue weighted by molar-refractivity contribution is 0.0951. The normalized spacial score (nSPS) is 11.2. The molecule has 0 unspecified atom stereocenters. The van der Waals surface area contributed by atoms with Crippen LogP contribution in [0.15, 0.2) is 70.9 Å². The standard InChI is InChI=1S/C21H17N5O2S/c1-14-7-8-18(28-14)19-17(13-26(24-19)16-5-3-2-4-6-16)20(27)22-11-15-12-25-9-10-29-21(25)23-15/h2-10,12-13H,11H2,1H3,(H,22,27). The van der Waals surface area contributed by atoms with Crippen LogP contribution >= 0.6 is 11.3 Å². The van der Waals surface area contributed by atoms with Gasteiger partial charge in [0, 0.05) is 24.0 Å². The summed E-state index contributed by atoms with van der Waals surface area (Å²) in [4.78, 5) is 18.4. The van der Waals surface area contributed by atoms with Gasteiger partial charge in [0.25, 0.3) is 5.91 Å². The van der Waals surface area contributed by atoms with Crippen molar-refractivity contribution in [2.45, 2.75) is 13.5 Å². The van der Waals surface area contributed by atoms with Crippen LogP contribution in [-0.4, -0.2) is 25.1 Å². The highest BCUT2D eigenvalue weighted by Crippen LogP contribution is 2.26. The number of para-hydroxylation sites is 1. The van der Waals surface area contributed by atoms with E-state index in [0.717, 1.165) is 22.1 Å². The van der Waals surface area contributed by atoms with E-state index >= 15 is 0 Å². The quantitative estimate of drug-likeness (QED) is 0.480. The zero-order valence-electron chi connectivity index (χ0n) is 15.6. The Morgan fingerprint density at radius 2 is 2.03 bits per heavy atom. The van der Waals surface area contributed by atoms with Crippen LogP contribution in [0.25, 0.3) is 22.1 Å². The Labute approximate surface area is 170 Å². The Balaban J connectivity index is 1.46. The number of rotatable bonds is 5. The number of aromatic nitrogens is 4. The predicted octanol–water partition coefficient (Wildman–Crippen LogP) is 4.08. The van der Waals surface area contributed by atoms with E-state index in [9.17, 15) is 4.79 Å². The maximum absolute atomic E-state index is 13.0. The maximum atomic E-state index is 13.0. The second-order valence-electron chi connectivity index (χ2n) is 6.59. The summed E-state index contributed by atoms with van der Waals surface area (Å²) in [7, 11) is 0. The third-order valence-corrected chi connectivity index (χ3v) is 5.30. The van der Waals surface area contributed by atoms with Crippen molar-refractivity contribution in [3.8, 4) is 17.1 Å². The van der Waals surface area contributed by atoms with E-state index in [0.29, 0.717) is 23.6 Å². The van der Waals surface area contributed by atoms with E-state index in [2.05, 4.69) is 15.4 Å². The first-order valence-electron chi connectivity index (χ1n) is 9.08. The summed E-state index contributed by atoms with van der Waals surface area (Å²) in [6, 6.07) is 13.3. The summed E-state index contributed by atoms with van der Waals surface area (Å²) in [5, 5.41) is 9.53. The molecule has 0 saturated carbocycles. The molecule has 5 rings (SSSR count). The SMILES string of the molecule is Cc1ccc(-c2nn(-c3ccccc3)cc2C(=O)NCc2cn3ccsc3n2)o1. The summed E-state index contributed by atoms with van der Waals surface area (Å²) in [6.07, 6.45) is 5.58. The van der Waals surface area contributed by atoms with Gasteiger partial charge in [-0.2, -0.15) is 5.10 Å². The van der Waals surface area contributed by atoms with E-state index in [4.69, 9.17) is 4.42 Å². The van der Waals surface area contributed by atoms with Gasteiger partial charge in [-0.15, -0.1) is 11.3 Å². The van der Waals surface area contributed by atoms with Crippen molar-refractivity contribution in [3.63, 3.8) is 0 Å². The molecule has 1 N–H and O–H groups in total. The minimum atomic E-state index is -0.229. The van der Waals surface area contributed by atoms with Crippen molar-refractivity contribution in [1.29, 1.82) is 0 Å². The molecular weight excluding hydrogens is 386 g/mol. The second kappa shape index (κ2) is 7.06. The number of benzene rings is 1. The van der Waals surface area contributed by atoms with E-state index in [1.807, 2.05) is 71.6 Å². The average molecular weight is 403 g/mol. The molecule has 8 heteroatoms. The number of thiazole rings is 1. The molecule has 4 heterocycles. The summed E-state index contributed by atoms with van der Waals surface area (Å²) < 4.78 is 9.36. The largest absolute Gasteiger partial charge is 0.460 e. The third kappa shape index (κ3) is 3.34. The highest BCUT2D eigenvalue weighted by Gasteiger charge is 2.21. The van der Waals surface area contributed by atoms with Gasteiger partial charge in [-0.05, 0) is 31.2 Å². The summed E-state index contributed by atoms with van der Waals surface area (Å²) in [6.45, 7) is 2.20. The molecule has 0 bridgehead atoms. The van der Waals surface area contributed by atoms with Crippen LogP contribution in [0.2, 0.25) is 0 Å². The molecule has 4 aromatic heterocycles. The number of hydrogen-bond donors (Lipinski definition) is 1. The highest BCUT2D eigenvalue weighted by molar-refractivity contribution is 7.15. The first kappa shape index (κ1) is 17.4. The van der Waals surface area contributed by atoms with Crippen LogP contribution in [0.5, 0.6) is 0 Å². The number of imidazole rings is 1. The molecule has 0 aliphatic rings. The number of carbonyl (C=O) groups is 1. The number of nitrogens with zero attached hydrogens (tertiary/aromatic N) is 4. The molecule has 1 aromatic carbocycles. The van der Waals surface area contributed by atoms with Gasteiger partial charge in [0.1, 0.15) is 11.5 Å². The molecule has 7 nitrogen and oxygen atoms in total. The van der Waals surface area contributed by atoms with Gasteiger partial charge in [0.2, 0.25) is 0 Å². The van der Waals surface area contributed by atoms with Gasteiger partial charge in [-0.3, -0.25) is 9.20 Å². The van der Waals surface area contributed by atoms with Crippen LogP contribution in [0, 0.1) is 6.92 Å². The van der Waals surface area contributed by atoms with Crippen molar-refractivity contribution < 1.29 is 9.21 Å². The van der Waals surface area contributed by atoms with Crippen molar-refractivity contribution in [3.05, 3.63) is 83.5 Å². The van der Waals surface area contributed by atoms with E-state index in [1.165, 1.54) is 0 Å². The number of amides is 1. The van der Waals surface area contributed by atoms with Crippen LogP contribution in [0.4, 0.5) is 0 Å². The van der Waals surface area contributed by atoms with Gasteiger partial charge < -0.3 is 9.73 Å². The Kier molecular flexibility index (Phi) is 4.25. The smallest absolute Gasteiger partial charge is 0.255 e. The van der Waals surface area contributed by atoms with Crippen molar-refractivity contribution >= 4 is 22.2 Å². The van der Waals surface area contributed by atoms with Gasteiger partial charge in [0.15, 0.2) is 10.7 Å². The number of aryl methyl sites for hydroxylation is 1. The van der Waals surface area contributed by atoms with Crippen LogP contribution in [0.1, 0.15) is 21.8 Å². The summed E-state index contributed by atoms with van der Waals surface area (Å²) >= 11 is 1.56. The molecule has 5 aromatic rings. The fourth-order valence-corrected chi connectivity index (χ4v) is 3.84. The summed E-state index contributed by atoms with van der Waals surface area (Å²) in [5.41, 5.74) is 2.62. The number of furan rings is 1. The van der Waals surface area contributed by atoms with Gasteiger partial charge in [0.05, 0.1) is 23.5 Å². The lowest BCUT2D eigenvalue weighted by Crippen LogP contribution is -2.23. The molecule has 0 saturated heterocycles. The molecule has 0 aliphatic heterocycles. The minimum Gasteiger partial charge on any atom is -0.460 e. The fourth-order valence-electron chi connectivity index (χ4n) is 3.12. The van der Waals surface area contributed by atoms with Gasteiger partial charge >= 0.3 is 0 Å². The van der Waals surface area contributed by atoms with Crippen molar-refractivity contribution in [2.24, 2.45) is 0 Å². The number of fused-ring (bicyclic) bond motifs is 1. The third-order valence-electron chi connectivity index (χ3n) is 4.53. The number of hydrogen-bond acceptors (Lipinski definition) is 5. The molecule has 0 spiro atoms. The molecule has 0 radical (unpaired) electrons. The zero-order chi connectivity index (χ0) is 19.8. The maximum Gasteiger partial charge on any atom is 0.255 e. The summed E-state index contributed by atoms with van der Waals surface area (Å²) in [5.74, 6) is 1.09. The molecule has 0 fully saturated rings.